The van der Waals surface area contributed by atoms with Gasteiger partial charge in [-0.25, -0.2) is 12.8 Å². The standard InChI is InChI=1S/C12H10ClFN2O2S/c13-11-7-9(15)4-5-12(11)19(17,18)16-10-3-1-2-8(14)6-10/h1-7,16H,15H2. The molecule has 2 rings (SSSR count). The molecule has 0 saturated heterocycles. The number of halogens is 2. The fraction of sp³-hybridized carbons (Fsp3) is 0. The van der Waals surface area contributed by atoms with Crippen LogP contribution in [0, 0.1) is 5.82 Å². The molecule has 7 heteroatoms. The summed E-state index contributed by atoms with van der Waals surface area (Å²) in [7, 11) is -3.88. The van der Waals surface area contributed by atoms with Crippen molar-refractivity contribution in [1.29, 1.82) is 0 Å². The minimum absolute atomic E-state index is 0.00361. The van der Waals surface area contributed by atoms with E-state index >= 15 is 0 Å². The van der Waals surface area contributed by atoms with Crippen LogP contribution >= 0.6 is 11.6 Å². The van der Waals surface area contributed by atoms with Crippen molar-refractivity contribution in [2.45, 2.75) is 4.90 Å². The number of hydrogen-bond acceptors (Lipinski definition) is 3. The van der Waals surface area contributed by atoms with Crippen LogP contribution in [0.2, 0.25) is 5.02 Å². The lowest BCUT2D eigenvalue weighted by atomic mass is 10.3. The average molecular weight is 301 g/mol. The van der Waals surface area contributed by atoms with Crippen molar-refractivity contribution in [3.8, 4) is 0 Å². The van der Waals surface area contributed by atoms with Gasteiger partial charge in [-0.2, -0.15) is 0 Å². The number of nitrogens with two attached hydrogens (primary N) is 1. The highest BCUT2D eigenvalue weighted by atomic mass is 35.5. The normalized spacial score (nSPS) is 11.3. The molecule has 0 bridgehead atoms. The zero-order valence-electron chi connectivity index (χ0n) is 9.60. The summed E-state index contributed by atoms with van der Waals surface area (Å²) in [6, 6.07) is 9.17. The summed E-state index contributed by atoms with van der Waals surface area (Å²) in [5.41, 5.74) is 5.97. The van der Waals surface area contributed by atoms with Crippen LogP contribution in [0.1, 0.15) is 0 Å². The van der Waals surface area contributed by atoms with Gasteiger partial charge in [0.25, 0.3) is 10.0 Å². The van der Waals surface area contributed by atoms with Gasteiger partial charge in [-0.3, -0.25) is 4.72 Å². The lowest BCUT2D eigenvalue weighted by Gasteiger charge is -2.09. The second-order valence-electron chi connectivity index (χ2n) is 3.81. The molecule has 19 heavy (non-hydrogen) atoms. The van der Waals surface area contributed by atoms with Gasteiger partial charge in [-0.15, -0.1) is 0 Å². The zero-order valence-corrected chi connectivity index (χ0v) is 11.2. The van der Waals surface area contributed by atoms with Gasteiger partial charge in [-0.1, -0.05) is 17.7 Å². The van der Waals surface area contributed by atoms with E-state index in [0.29, 0.717) is 5.69 Å². The number of anilines is 2. The van der Waals surface area contributed by atoms with Crippen molar-refractivity contribution in [3.05, 3.63) is 53.3 Å². The van der Waals surface area contributed by atoms with Crippen molar-refractivity contribution in [1.82, 2.24) is 0 Å². The van der Waals surface area contributed by atoms with Crippen LogP contribution in [0.5, 0.6) is 0 Å². The van der Waals surface area contributed by atoms with E-state index in [1.54, 1.807) is 0 Å². The third-order valence-electron chi connectivity index (χ3n) is 2.32. The van der Waals surface area contributed by atoms with Crippen LogP contribution in [-0.4, -0.2) is 8.42 Å². The molecule has 100 valence electrons. The molecule has 0 aliphatic rings. The maximum atomic E-state index is 13.0. The van der Waals surface area contributed by atoms with Crippen LogP contribution in [0.25, 0.3) is 0 Å². The van der Waals surface area contributed by atoms with Gasteiger partial charge in [0.2, 0.25) is 0 Å². The third-order valence-corrected chi connectivity index (χ3v) is 4.19. The number of hydrogen-bond donors (Lipinski definition) is 2. The summed E-state index contributed by atoms with van der Waals surface area (Å²) < 4.78 is 39.4. The summed E-state index contributed by atoms with van der Waals surface area (Å²) >= 11 is 5.84. The fourth-order valence-corrected chi connectivity index (χ4v) is 3.10. The fourth-order valence-electron chi connectivity index (χ4n) is 1.50. The first-order valence-electron chi connectivity index (χ1n) is 5.22. The molecule has 0 atom stereocenters. The second kappa shape index (κ2) is 5.07. The van der Waals surface area contributed by atoms with E-state index in [0.717, 1.165) is 6.07 Å². The molecule has 0 spiro atoms. The molecule has 0 aromatic heterocycles. The SMILES string of the molecule is Nc1ccc(S(=O)(=O)Nc2cccc(F)c2)c(Cl)c1. The lowest BCUT2D eigenvalue weighted by Crippen LogP contribution is -2.13. The van der Waals surface area contributed by atoms with Crippen molar-refractivity contribution in [2.75, 3.05) is 10.5 Å². The van der Waals surface area contributed by atoms with Gasteiger partial charge in [0.05, 0.1) is 10.7 Å². The van der Waals surface area contributed by atoms with Crippen LogP contribution in [0.15, 0.2) is 47.4 Å². The Morgan fingerprint density at radius 1 is 1.16 bits per heavy atom. The van der Waals surface area contributed by atoms with E-state index in [4.69, 9.17) is 17.3 Å². The molecule has 0 unspecified atom stereocenters. The molecule has 0 saturated carbocycles. The summed E-state index contributed by atoms with van der Waals surface area (Å²) in [4.78, 5) is -0.118. The number of nitrogens with one attached hydrogen (secondary N) is 1. The number of rotatable bonds is 3. The summed E-state index contributed by atoms with van der Waals surface area (Å²) in [5, 5.41) is 0.00361. The quantitative estimate of drug-likeness (QED) is 0.856. The van der Waals surface area contributed by atoms with Crippen LogP contribution < -0.4 is 10.5 Å². The minimum Gasteiger partial charge on any atom is -0.399 e. The molecular formula is C12H10ClFN2O2S. The molecule has 0 aliphatic carbocycles. The van der Waals surface area contributed by atoms with Gasteiger partial charge in [0.1, 0.15) is 10.7 Å². The Morgan fingerprint density at radius 2 is 1.89 bits per heavy atom. The first kappa shape index (κ1) is 13.6. The average Bonchev–Trinajstić information content (AvgIpc) is 2.27. The van der Waals surface area contributed by atoms with E-state index in [-0.39, 0.29) is 15.6 Å². The Labute approximate surface area is 115 Å². The van der Waals surface area contributed by atoms with E-state index in [1.807, 2.05) is 0 Å². The Bertz CT molecular complexity index is 719. The zero-order chi connectivity index (χ0) is 14.0. The van der Waals surface area contributed by atoms with Crippen molar-refractivity contribution < 1.29 is 12.8 Å². The van der Waals surface area contributed by atoms with E-state index in [1.165, 1.54) is 36.4 Å². The van der Waals surface area contributed by atoms with E-state index < -0.39 is 15.8 Å². The predicted molar refractivity (Wildman–Crippen MR) is 73.1 cm³/mol. The van der Waals surface area contributed by atoms with Crippen LogP contribution in [0.3, 0.4) is 0 Å². The molecule has 0 aliphatic heterocycles. The van der Waals surface area contributed by atoms with Gasteiger partial charge in [0, 0.05) is 5.69 Å². The van der Waals surface area contributed by atoms with Gasteiger partial charge in [0.15, 0.2) is 0 Å². The Balaban J connectivity index is 2.38. The molecule has 0 radical (unpaired) electrons. The first-order valence-corrected chi connectivity index (χ1v) is 7.08. The van der Waals surface area contributed by atoms with Crippen molar-refractivity contribution in [2.24, 2.45) is 0 Å². The summed E-state index contributed by atoms with van der Waals surface area (Å²) in [5.74, 6) is -0.538. The topological polar surface area (TPSA) is 72.2 Å². The minimum atomic E-state index is -3.88. The van der Waals surface area contributed by atoms with Crippen LogP contribution in [0.4, 0.5) is 15.8 Å². The summed E-state index contributed by atoms with van der Waals surface area (Å²) in [6.45, 7) is 0. The highest BCUT2D eigenvalue weighted by Gasteiger charge is 2.18. The molecule has 0 amide bonds. The molecule has 0 heterocycles. The second-order valence-corrected chi connectivity index (χ2v) is 5.86. The largest absolute Gasteiger partial charge is 0.399 e. The number of nitrogen functional groups attached to an aromatic ring is 1. The molecule has 2 aromatic carbocycles. The van der Waals surface area contributed by atoms with Gasteiger partial charge in [-0.05, 0) is 36.4 Å². The highest BCUT2D eigenvalue weighted by Crippen LogP contribution is 2.25. The van der Waals surface area contributed by atoms with E-state index in [9.17, 15) is 12.8 Å². The molecule has 3 N–H and O–H groups in total. The molecule has 4 nitrogen and oxygen atoms in total. The maximum absolute atomic E-state index is 13.0. The Hall–Kier alpha value is -1.79. The van der Waals surface area contributed by atoms with Gasteiger partial charge >= 0.3 is 0 Å². The maximum Gasteiger partial charge on any atom is 0.263 e. The molecule has 0 fully saturated rings. The number of sulfonamides is 1. The Kier molecular flexibility index (Phi) is 3.64. The summed E-state index contributed by atoms with van der Waals surface area (Å²) in [6.07, 6.45) is 0. The van der Waals surface area contributed by atoms with Crippen LogP contribution in [-0.2, 0) is 10.0 Å². The predicted octanol–water partition coefficient (Wildman–Crippen LogP) is 2.86. The lowest BCUT2D eigenvalue weighted by molar-refractivity contribution is 0.601. The molecule has 2 aromatic rings. The van der Waals surface area contributed by atoms with Crippen molar-refractivity contribution >= 4 is 33.0 Å². The van der Waals surface area contributed by atoms with Crippen molar-refractivity contribution in [3.63, 3.8) is 0 Å². The Morgan fingerprint density at radius 3 is 2.53 bits per heavy atom. The number of benzene rings is 2. The smallest absolute Gasteiger partial charge is 0.263 e. The molecular weight excluding hydrogens is 291 g/mol. The van der Waals surface area contributed by atoms with Gasteiger partial charge < -0.3 is 5.73 Å². The first-order chi connectivity index (χ1) is 8.88. The van der Waals surface area contributed by atoms with E-state index in [2.05, 4.69) is 4.72 Å². The third kappa shape index (κ3) is 3.15. The monoisotopic (exact) mass is 300 g/mol. The highest BCUT2D eigenvalue weighted by molar-refractivity contribution is 7.92.